The van der Waals surface area contributed by atoms with Gasteiger partial charge in [0.2, 0.25) is 0 Å². The molecule has 3 aromatic rings. The number of likely N-dealkylation sites (tertiary alicyclic amines) is 1. The molecule has 0 spiro atoms. The number of ether oxygens (including phenoxy) is 1. The van der Waals surface area contributed by atoms with Gasteiger partial charge in [0.05, 0.1) is 24.2 Å². The number of nitrogens with zero attached hydrogens (tertiary/aromatic N) is 2. The maximum absolute atomic E-state index is 13.9. The van der Waals surface area contributed by atoms with Gasteiger partial charge in [0, 0.05) is 13.1 Å². The number of carbonyl (C=O) groups is 1. The Kier molecular flexibility index (Phi) is 7.61. The lowest BCUT2D eigenvalue weighted by Gasteiger charge is -2.47. The van der Waals surface area contributed by atoms with Crippen LogP contribution in [0.5, 0.6) is 0 Å². The maximum Gasteiger partial charge on any atom is 0.410 e. The molecule has 5 nitrogen and oxygen atoms in total. The van der Waals surface area contributed by atoms with Crippen molar-refractivity contribution in [1.29, 1.82) is 0 Å². The van der Waals surface area contributed by atoms with Crippen LogP contribution in [0, 0.1) is 5.92 Å². The summed E-state index contributed by atoms with van der Waals surface area (Å²) in [6.45, 7) is 14.8. The molecule has 6 heteroatoms. The first kappa shape index (κ1) is 29.2. The molecule has 0 N–H and O–H groups in total. The average Bonchev–Trinajstić information content (AvgIpc) is 3.06. The predicted octanol–water partition coefficient (Wildman–Crippen LogP) is 6.21. The molecule has 3 saturated heterocycles. The average molecular weight is 583 g/mol. The highest BCUT2D eigenvalue weighted by atomic mass is 28.4. The lowest BCUT2D eigenvalue weighted by molar-refractivity contribution is -0.0205. The lowest BCUT2D eigenvalue weighted by Crippen LogP contribution is -2.69. The van der Waals surface area contributed by atoms with Gasteiger partial charge in [-0.05, 0) is 60.5 Å². The van der Waals surface area contributed by atoms with Gasteiger partial charge in [0.25, 0.3) is 8.32 Å². The molecular weight excluding hydrogens is 536 g/mol. The first-order chi connectivity index (χ1) is 20.0. The normalized spacial score (nSPS) is 26.0. The van der Waals surface area contributed by atoms with Crippen molar-refractivity contribution in [3.63, 3.8) is 0 Å². The molecule has 3 aromatic carbocycles. The van der Waals surface area contributed by atoms with Crippen LogP contribution in [0.4, 0.5) is 4.79 Å². The molecule has 5 unspecified atom stereocenters. The highest BCUT2D eigenvalue weighted by Crippen LogP contribution is 2.50. The van der Waals surface area contributed by atoms with E-state index in [4.69, 9.17) is 9.16 Å². The van der Waals surface area contributed by atoms with Crippen molar-refractivity contribution < 1.29 is 14.0 Å². The molecule has 3 aliphatic heterocycles. The summed E-state index contributed by atoms with van der Waals surface area (Å²) in [6.07, 6.45) is 1.63. The molecule has 5 atom stereocenters. The van der Waals surface area contributed by atoms with Gasteiger partial charge in [-0.2, -0.15) is 0 Å². The standard InChI is InChI=1S/C36H46N2O3Si/c1-35(2,3)40-34(39)38-30-22-27-23-31(38)33(32(30)37(25-27)24-26-16-10-7-11-17-26)41-42(36(4,5)6,28-18-12-8-13-19-28)29-20-14-9-15-21-29/h7-21,27,30-33H,22-25H2,1-6H3. The molecule has 1 amide bonds. The summed E-state index contributed by atoms with van der Waals surface area (Å²) in [5.41, 5.74) is 0.751. The van der Waals surface area contributed by atoms with Crippen LogP contribution in [0.15, 0.2) is 91.0 Å². The summed E-state index contributed by atoms with van der Waals surface area (Å²) >= 11 is 0. The van der Waals surface area contributed by atoms with E-state index in [1.165, 1.54) is 15.9 Å². The molecule has 0 saturated carbocycles. The van der Waals surface area contributed by atoms with Gasteiger partial charge in [0.1, 0.15) is 5.60 Å². The summed E-state index contributed by atoms with van der Waals surface area (Å²) in [7, 11) is -2.85. The molecule has 3 bridgehead atoms. The Morgan fingerprint density at radius 2 is 1.31 bits per heavy atom. The minimum atomic E-state index is -2.85. The largest absolute Gasteiger partial charge is 0.444 e. The van der Waals surface area contributed by atoms with E-state index in [0.29, 0.717) is 5.92 Å². The molecular formula is C36H46N2O3Si. The lowest BCUT2D eigenvalue weighted by atomic mass is 9.86. The monoisotopic (exact) mass is 582 g/mol. The zero-order valence-electron chi connectivity index (χ0n) is 26.0. The Balaban J connectivity index is 1.48. The molecule has 3 heterocycles. The van der Waals surface area contributed by atoms with Crippen LogP contribution in [0.25, 0.3) is 0 Å². The number of rotatable bonds is 6. The van der Waals surface area contributed by atoms with Gasteiger partial charge in [-0.1, -0.05) is 112 Å². The summed E-state index contributed by atoms with van der Waals surface area (Å²) in [6, 6.07) is 32.7. The van der Waals surface area contributed by atoms with Crippen molar-refractivity contribution in [2.75, 3.05) is 6.54 Å². The van der Waals surface area contributed by atoms with Gasteiger partial charge in [0.15, 0.2) is 0 Å². The molecule has 222 valence electrons. The minimum Gasteiger partial charge on any atom is -0.444 e. The molecule has 0 radical (unpaired) electrons. The Morgan fingerprint density at radius 3 is 1.83 bits per heavy atom. The highest BCUT2D eigenvalue weighted by molar-refractivity contribution is 6.99. The molecule has 3 aliphatic rings. The number of hydrogen-bond donors (Lipinski definition) is 0. The zero-order chi connectivity index (χ0) is 29.7. The third kappa shape index (κ3) is 5.22. The molecule has 0 aliphatic carbocycles. The highest BCUT2D eigenvalue weighted by Gasteiger charge is 2.64. The van der Waals surface area contributed by atoms with Crippen molar-refractivity contribution in [3.05, 3.63) is 96.6 Å². The van der Waals surface area contributed by atoms with Crippen LogP contribution in [0.1, 0.15) is 59.9 Å². The van der Waals surface area contributed by atoms with Crippen LogP contribution < -0.4 is 10.4 Å². The summed E-state index contributed by atoms with van der Waals surface area (Å²) < 4.78 is 14.0. The molecule has 3 fully saturated rings. The van der Waals surface area contributed by atoms with E-state index >= 15 is 0 Å². The first-order valence-electron chi connectivity index (χ1n) is 15.6. The fourth-order valence-corrected chi connectivity index (χ4v) is 12.7. The van der Waals surface area contributed by atoms with E-state index in [1.54, 1.807) is 0 Å². The van der Waals surface area contributed by atoms with E-state index in [9.17, 15) is 4.79 Å². The topological polar surface area (TPSA) is 42.0 Å². The Labute approximate surface area is 253 Å². The van der Waals surface area contributed by atoms with Crippen molar-refractivity contribution in [2.45, 2.75) is 95.8 Å². The second-order valence-electron chi connectivity index (χ2n) is 14.5. The van der Waals surface area contributed by atoms with E-state index in [1.807, 2.05) is 20.8 Å². The third-order valence-corrected chi connectivity index (χ3v) is 14.5. The Hall–Kier alpha value is -2.93. The van der Waals surface area contributed by atoms with E-state index in [2.05, 4.69) is 122 Å². The van der Waals surface area contributed by atoms with Gasteiger partial charge >= 0.3 is 6.09 Å². The van der Waals surface area contributed by atoms with E-state index in [0.717, 1.165) is 25.9 Å². The zero-order valence-corrected chi connectivity index (χ0v) is 27.0. The fourth-order valence-electron chi connectivity index (χ4n) is 7.97. The minimum absolute atomic E-state index is 0.0176. The second-order valence-corrected chi connectivity index (χ2v) is 18.8. The van der Waals surface area contributed by atoms with Gasteiger partial charge in [-0.15, -0.1) is 0 Å². The number of amides is 1. The maximum atomic E-state index is 13.9. The number of fused-ring (bicyclic) bond motifs is 2. The molecule has 42 heavy (non-hydrogen) atoms. The smallest absolute Gasteiger partial charge is 0.410 e. The van der Waals surface area contributed by atoms with Crippen LogP contribution in [-0.2, 0) is 15.7 Å². The number of benzene rings is 3. The van der Waals surface area contributed by atoms with Crippen molar-refractivity contribution >= 4 is 24.8 Å². The number of hydrogen-bond acceptors (Lipinski definition) is 4. The fraction of sp³-hybridized carbons (Fsp3) is 0.472. The third-order valence-electron chi connectivity index (χ3n) is 9.45. The van der Waals surface area contributed by atoms with Gasteiger partial charge in [-0.3, -0.25) is 9.80 Å². The van der Waals surface area contributed by atoms with Crippen LogP contribution in [-0.4, -0.2) is 60.6 Å². The summed E-state index contributed by atoms with van der Waals surface area (Å²) in [5, 5.41) is 2.40. The number of carbonyl (C=O) groups excluding carboxylic acids is 1. The van der Waals surface area contributed by atoms with Gasteiger partial charge in [-0.25, -0.2) is 4.79 Å². The Bertz CT molecular complexity index is 1330. The Morgan fingerprint density at radius 1 is 0.786 bits per heavy atom. The van der Waals surface area contributed by atoms with Crippen LogP contribution in [0.3, 0.4) is 0 Å². The second kappa shape index (κ2) is 11.0. The van der Waals surface area contributed by atoms with Crippen molar-refractivity contribution in [1.82, 2.24) is 9.80 Å². The number of piperidine rings is 2. The predicted molar refractivity (Wildman–Crippen MR) is 172 cm³/mol. The summed E-state index contributed by atoms with van der Waals surface area (Å²) in [4.78, 5) is 18.6. The van der Waals surface area contributed by atoms with Crippen LogP contribution >= 0.6 is 0 Å². The van der Waals surface area contributed by atoms with Crippen molar-refractivity contribution in [3.8, 4) is 0 Å². The SMILES string of the molecule is CC(C)(C)OC(=O)N1C2CC3CC1C(C2O[Si](c1ccccc1)(c1ccccc1)C(C)(C)C)N(Cc1ccccc1)C3. The van der Waals surface area contributed by atoms with E-state index < -0.39 is 13.9 Å². The van der Waals surface area contributed by atoms with Gasteiger partial charge < -0.3 is 9.16 Å². The first-order valence-corrected chi connectivity index (χ1v) is 17.5. The quantitative estimate of drug-likeness (QED) is 0.324. The molecule has 6 rings (SSSR count). The van der Waals surface area contributed by atoms with Crippen LogP contribution in [0.2, 0.25) is 5.04 Å². The summed E-state index contributed by atoms with van der Waals surface area (Å²) in [5.74, 6) is 0.534. The molecule has 0 aromatic heterocycles. The van der Waals surface area contributed by atoms with Crippen molar-refractivity contribution in [2.24, 2.45) is 5.92 Å². The van der Waals surface area contributed by atoms with E-state index in [-0.39, 0.29) is 35.4 Å².